The maximum absolute atomic E-state index is 5.15. The minimum Gasteiger partial charge on any atom is -0.381 e. The molecule has 1 heterocycles. The van der Waals surface area contributed by atoms with E-state index in [1.807, 2.05) is 0 Å². The fraction of sp³-hybridized carbons (Fsp3) is 0.875. The second-order valence-corrected chi connectivity index (χ2v) is 2.86. The number of piperidine rings is 1. The Morgan fingerprint density at radius 1 is 1.50 bits per heavy atom. The standard InChI is InChI=1S/C8H16NO/c1-7(10-2)8-3-5-9-6-4-8/h7-9H,1,3-6H2,2H3. The lowest BCUT2D eigenvalue weighted by atomic mass is 9.93. The highest BCUT2D eigenvalue weighted by Crippen LogP contribution is 2.17. The highest BCUT2D eigenvalue weighted by atomic mass is 16.5. The van der Waals surface area contributed by atoms with Crippen LogP contribution in [0, 0.1) is 12.8 Å². The van der Waals surface area contributed by atoms with Gasteiger partial charge in [0, 0.05) is 7.11 Å². The molecule has 0 aliphatic carbocycles. The van der Waals surface area contributed by atoms with E-state index in [0.717, 1.165) is 13.1 Å². The van der Waals surface area contributed by atoms with E-state index < -0.39 is 0 Å². The van der Waals surface area contributed by atoms with E-state index in [1.165, 1.54) is 12.8 Å². The van der Waals surface area contributed by atoms with Crippen LogP contribution in [0.5, 0.6) is 0 Å². The van der Waals surface area contributed by atoms with Crippen LogP contribution in [0.2, 0.25) is 0 Å². The monoisotopic (exact) mass is 142 g/mol. The van der Waals surface area contributed by atoms with Crippen molar-refractivity contribution in [2.24, 2.45) is 5.92 Å². The number of rotatable bonds is 2. The van der Waals surface area contributed by atoms with Gasteiger partial charge in [0.05, 0.1) is 6.10 Å². The van der Waals surface area contributed by atoms with Crippen LogP contribution in [-0.2, 0) is 4.74 Å². The van der Waals surface area contributed by atoms with Crippen LogP contribution in [0.4, 0.5) is 0 Å². The zero-order valence-electron chi connectivity index (χ0n) is 6.60. The maximum Gasteiger partial charge on any atom is 0.0601 e. The van der Waals surface area contributed by atoms with Gasteiger partial charge in [0.2, 0.25) is 0 Å². The first kappa shape index (κ1) is 8.02. The molecule has 2 nitrogen and oxygen atoms in total. The van der Waals surface area contributed by atoms with Crippen LogP contribution in [-0.4, -0.2) is 26.3 Å². The summed E-state index contributed by atoms with van der Waals surface area (Å²) in [6, 6.07) is 0. The zero-order valence-corrected chi connectivity index (χ0v) is 6.60. The van der Waals surface area contributed by atoms with Crippen LogP contribution in [0.3, 0.4) is 0 Å². The Kier molecular flexibility index (Phi) is 3.16. The molecule has 0 bridgehead atoms. The first-order valence-electron chi connectivity index (χ1n) is 3.91. The number of methoxy groups -OCH3 is 1. The molecule has 1 saturated heterocycles. The van der Waals surface area contributed by atoms with Gasteiger partial charge in [-0.3, -0.25) is 0 Å². The smallest absolute Gasteiger partial charge is 0.0601 e. The summed E-state index contributed by atoms with van der Waals surface area (Å²) in [5, 5.41) is 3.31. The van der Waals surface area contributed by atoms with E-state index >= 15 is 0 Å². The first-order valence-corrected chi connectivity index (χ1v) is 3.91. The highest BCUT2D eigenvalue weighted by molar-refractivity contribution is 4.77. The molecule has 1 atom stereocenters. The summed E-state index contributed by atoms with van der Waals surface area (Å²) in [5.74, 6) is 0.672. The topological polar surface area (TPSA) is 21.3 Å². The lowest BCUT2D eigenvalue weighted by molar-refractivity contribution is 0.0730. The summed E-state index contributed by atoms with van der Waals surface area (Å²) in [6.45, 7) is 6.18. The molecule has 0 spiro atoms. The molecule has 1 rings (SSSR count). The number of nitrogens with one attached hydrogen (secondary N) is 1. The summed E-state index contributed by atoms with van der Waals surface area (Å²) in [4.78, 5) is 0. The SMILES string of the molecule is [CH2]C(OC)C1CCNCC1. The van der Waals surface area contributed by atoms with Gasteiger partial charge in [0.25, 0.3) is 0 Å². The molecule has 0 aromatic carbocycles. The van der Waals surface area contributed by atoms with Crippen molar-refractivity contribution in [2.45, 2.75) is 18.9 Å². The van der Waals surface area contributed by atoms with Crippen LogP contribution in [0.25, 0.3) is 0 Å². The molecule has 0 aromatic rings. The molecule has 59 valence electrons. The molecular weight excluding hydrogens is 126 g/mol. The summed E-state index contributed by atoms with van der Waals surface area (Å²) in [7, 11) is 1.74. The maximum atomic E-state index is 5.15. The van der Waals surface area contributed by atoms with Crippen molar-refractivity contribution in [3.63, 3.8) is 0 Å². The fourth-order valence-electron chi connectivity index (χ4n) is 1.41. The van der Waals surface area contributed by atoms with E-state index in [4.69, 9.17) is 4.74 Å². The first-order chi connectivity index (χ1) is 4.84. The molecule has 10 heavy (non-hydrogen) atoms. The Balaban J connectivity index is 2.24. The van der Waals surface area contributed by atoms with E-state index in [-0.39, 0.29) is 6.10 Å². The molecule has 1 unspecified atom stereocenters. The van der Waals surface area contributed by atoms with Gasteiger partial charge in [0.15, 0.2) is 0 Å². The molecule has 0 aromatic heterocycles. The highest BCUT2D eigenvalue weighted by Gasteiger charge is 2.18. The van der Waals surface area contributed by atoms with Gasteiger partial charge >= 0.3 is 0 Å². The molecule has 0 amide bonds. The van der Waals surface area contributed by atoms with Crippen LogP contribution < -0.4 is 5.32 Å². The molecular formula is C8H16NO. The van der Waals surface area contributed by atoms with Crippen molar-refractivity contribution < 1.29 is 4.74 Å². The molecule has 0 saturated carbocycles. The van der Waals surface area contributed by atoms with Gasteiger partial charge in [-0.15, -0.1) is 0 Å². The molecule has 1 aliphatic heterocycles. The van der Waals surface area contributed by atoms with Crippen molar-refractivity contribution in [3.05, 3.63) is 6.92 Å². The number of hydrogen-bond donors (Lipinski definition) is 1. The zero-order chi connectivity index (χ0) is 7.40. The molecule has 1 fully saturated rings. The molecule has 2 heteroatoms. The largest absolute Gasteiger partial charge is 0.381 e. The quantitative estimate of drug-likeness (QED) is 0.616. The molecule has 1 aliphatic rings. The van der Waals surface area contributed by atoms with Gasteiger partial charge in [0.1, 0.15) is 0 Å². The lowest BCUT2D eigenvalue weighted by Crippen LogP contribution is -2.33. The van der Waals surface area contributed by atoms with E-state index in [9.17, 15) is 0 Å². The van der Waals surface area contributed by atoms with Crippen molar-refractivity contribution >= 4 is 0 Å². The van der Waals surface area contributed by atoms with Crippen LogP contribution in [0.1, 0.15) is 12.8 Å². The third-order valence-electron chi connectivity index (χ3n) is 2.21. The predicted octanol–water partition coefficient (Wildman–Crippen LogP) is 0.835. The summed E-state index contributed by atoms with van der Waals surface area (Å²) in [6.07, 6.45) is 2.62. The van der Waals surface area contributed by atoms with E-state index in [0.29, 0.717) is 5.92 Å². The minimum absolute atomic E-state index is 0.196. The Morgan fingerprint density at radius 3 is 2.60 bits per heavy atom. The third kappa shape index (κ3) is 1.96. The normalized spacial score (nSPS) is 24.6. The third-order valence-corrected chi connectivity index (χ3v) is 2.21. The average molecular weight is 142 g/mol. The molecule has 1 N–H and O–H groups in total. The van der Waals surface area contributed by atoms with Crippen molar-refractivity contribution in [2.75, 3.05) is 20.2 Å². The van der Waals surface area contributed by atoms with Gasteiger partial charge in [-0.1, -0.05) is 0 Å². The van der Waals surface area contributed by atoms with Gasteiger partial charge in [-0.25, -0.2) is 0 Å². The van der Waals surface area contributed by atoms with Crippen LogP contribution >= 0.6 is 0 Å². The van der Waals surface area contributed by atoms with Crippen molar-refractivity contribution in [1.82, 2.24) is 5.32 Å². The Hall–Kier alpha value is -0.0800. The second-order valence-electron chi connectivity index (χ2n) is 2.86. The summed E-state index contributed by atoms with van der Waals surface area (Å²) < 4.78 is 5.15. The predicted molar refractivity (Wildman–Crippen MR) is 41.7 cm³/mol. The van der Waals surface area contributed by atoms with E-state index in [1.54, 1.807) is 7.11 Å². The second kappa shape index (κ2) is 3.94. The number of ether oxygens (including phenoxy) is 1. The van der Waals surface area contributed by atoms with Crippen LogP contribution in [0.15, 0.2) is 0 Å². The minimum atomic E-state index is 0.196. The molecule has 1 radical (unpaired) electrons. The van der Waals surface area contributed by atoms with Gasteiger partial charge < -0.3 is 10.1 Å². The Labute approximate surface area is 63.0 Å². The van der Waals surface area contributed by atoms with Gasteiger partial charge in [-0.2, -0.15) is 0 Å². The van der Waals surface area contributed by atoms with Crippen molar-refractivity contribution in [3.8, 4) is 0 Å². The van der Waals surface area contributed by atoms with E-state index in [2.05, 4.69) is 12.2 Å². The number of hydrogen-bond acceptors (Lipinski definition) is 2. The van der Waals surface area contributed by atoms with Crippen molar-refractivity contribution in [1.29, 1.82) is 0 Å². The average Bonchev–Trinajstić information content (AvgIpc) is 2.05. The van der Waals surface area contributed by atoms with Gasteiger partial charge in [-0.05, 0) is 38.8 Å². The fourth-order valence-corrected chi connectivity index (χ4v) is 1.41. The summed E-state index contributed by atoms with van der Waals surface area (Å²) >= 11 is 0. The lowest BCUT2D eigenvalue weighted by Gasteiger charge is -2.26. The Bertz CT molecular complexity index is 89.3. The Morgan fingerprint density at radius 2 is 2.10 bits per heavy atom. The summed E-state index contributed by atoms with van der Waals surface area (Å²) in [5.41, 5.74) is 0.